The zero-order valence-electron chi connectivity index (χ0n) is 44.8. The SMILES string of the molecule is CC\C=C/C=C\C=C/C=C\C=C\C=C/CCCCCC(=O)OC(COC(=O)CCCCCCCCC/C=C\CCCCCC)COC(=O)CCCCCCCCCCCC/C=C\C=C/CCCCC. The fraction of sp³-hybridized carbons (Fsp3) is 0.667. The van der Waals surface area contributed by atoms with Crippen molar-refractivity contribution in [3.8, 4) is 0 Å². The summed E-state index contributed by atoms with van der Waals surface area (Å²) in [7, 11) is 0. The molecule has 0 heterocycles. The summed E-state index contributed by atoms with van der Waals surface area (Å²) in [6, 6.07) is 0. The Labute approximate surface area is 425 Å². The predicted molar refractivity (Wildman–Crippen MR) is 297 cm³/mol. The molecule has 0 saturated heterocycles. The molecule has 0 saturated carbocycles. The summed E-state index contributed by atoms with van der Waals surface area (Å²) in [5.74, 6) is -0.951. The van der Waals surface area contributed by atoms with E-state index in [2.05, 4.69) is 69.4 Å². The van der Waals surface area contributed by atoms with Crippen LogP contribution in [0, 0.1) is 0 Å². The molecule has 0 spiro atoms. The second kappa shape index (κ2) is 56.7. The monoisotopic (exact) mass is 957 g/mol. The van der Waals surface area contributed by atoms with Crippen LogP contribution in [0.1, 0.15) is 252 Å². The molecule has 1 atom stereocenters. The van der Waals surface area contributed by atoms with Gasteiger partial charge < -0.3 is 14.2 Å². The largest absolute Gasteiger partial charge is 0.462 e. The average Bonchev–Trinajstić information content (AvgIpc) is 3.35. The number of unbranched alkanes of at least 4 members (excludes halogenated alkanes) is 27. The summed E-state index contributed by atoms with van der Waals surface area (Å²) in [6.45, 7) is 6.42. The first-order valence-electron chi connectivity index (χ1n) is 28.5. The van der Waals surface area contributed by atoms with Crippen LogP contribution in [0.2, 0.25) is 0 Å². The lowest BCUT2D eigenvalue weighted by Gasteiger charge is -2.18. The van der Waals surface area contributed by atoms with E-state index in [0.717, 1.165) is 64.2 Å². The normalized spacial score (nSPS) is 12.9. The molecule has 0 aliphatic carbocycles. The lowest BCUT2D eigenvalue weighted by Crippen LogP contribution is -2.30. The second-order valence-corrected chi connectivity index (χ2v) is 18.6. The molecular formula is C63H104O6. The van der Waals surface area contributed by atoms with Gasteiger partial charge in [-0.1, -0.05) is 252 Å². The Kier molecular flexibility index (Phi) is 53.4. The van der Waals surface area contributed by atoms with Crippen LogP contribution in [0.3, 0.4) is 0 Å². The first-order chi connectivity index (χ1) is 34.0. The van der Waals surface area contributed by atoms with Crippen LogP contribution in [0.4, 0.5) is 0 Å². The van der Waals surface area contributed by atoms with E-state index in [1.165, 1.54) is 141 Å². The topological polar surface area (TPSA) is 78.9 Å². The first kappa shape index (κ1) is 65.1. The van der Waals surface area contributed by atoms with Crippen molar-refractivity contribution in [3.63, 3.8) is 0 Å². The van der Waals surface area contributed by atoms with Crippen molar-refractivity contribution in [2.75, 3.05) is 13.2 Å². The van der Waals surface area contributed by atoms with Crippen LogP contribution >= 0.6 is 0 Å². The van der Waals surface area contributed by atoms with Crippen molar-refractivity contribution in [1.29, 1.82) is 0 Å². The fourth-order valence-corrected chi connectivity index (χ4v) is 7.64. The molecule has 0 aromatic carbocycles. The molecule has 1 unspecified atom stereocenters. The maximum atomic E-state index is 12.8. The van der Waals surface area contributed by atoms with Crippen molar-refractivity contribution in [1.82, 2.24) is 0 Å². The van der Waals surface area contributed by atoms with Gasteiger partial charge in [0.2, 0.25) is 0 Å². The van der Waals surface area contributed by atoms with E-state index >= 15 is 0 Å². The van der Waals surface area contributed by atoms with E-state index in [4.69, 9.17) is 14.2 Å². The number of rotatable bonds is 50. The van der Waals surface area contributed by atoms with Gasteiger partial charge in [-0.3, -0.25) is 14.4 Å². The molecule has 69 heavy (non-hydrogen) atoms. The summed E-state index contributed by atoms with van der Waals surface area (Å²) in [6.07, 6.45) is 76.4. The maximum absolute atomic E-state index is 12.8. The third kappa shape index (κ3) is 54.9. The van der Waals surface area contributed by atoms with Crippen LogP contribution in [0.5, 0.6) is 0 Å². The van der Waals surface area contributed by atoms with Gasteiger partial charge in [-0.25, -0.2) is 0 Å². The Morgan fingerprint density at radius 3 is 0.986 bits per heavy atom. The van der Waals surface area contributed by atoms with Crippen molar-refractivity contribution in [2.24, 2.45) is 0 Å². The molecule has 0 rings (SSSR count). The highest BCUT2D eigenvalue weighted by Gasteiger charge is 2.19. The third-order valence-corrected chi connectivity index (χ3v) is 11.9. The van der Waals surface area contributed by atoms with Crippen molar-refractivity contribution < 1.29 is 28.6 Å². The number of allylic oxidation sites excluding steroid dienone is 18. The molecule has 0 aromatic heterocycles. The Hall–Kier alpha value is -3.93. The summed E-state index contributed by atoms with van der Waals surface area (Å²) in [5, 5.41) is 0. The number of carbonyl (C=O) groups is 3. The number of hydrogen-bond donors (Lipinski definition) is 0. The summed E-state index contributed by atoms with van der Waals surface area (Å²) in [4.78, 5) is 38.2. The fourth-order valence-electron chi connectivity index (χ4n) is 7.64. The minimum Gasteiger partial charge on any atom is -0.462 e. The molecule has 6 heteroatoms. The number of esters is 3. The van der Waals surface area contributed by atoms with Gasteiger partial charge in [0.25, 0.3) is 0 Å². The van der Waals surface area contributed by atoms with Gasteiger partial charge in [0, 0.05) is 19.3 Å². The summed E-state index contributed by atoms with van der Waals surface area (Å²) < 4.78 is 16.8. The predicted octanol–water partition coefficient (Wildman–Crippen LogP) is 19.1. The Bertz CT molecular complexity index is 1420. The standard InChI is InChI=1S/C63H104O6/c1-4-7-10-13-16-19-22-25-28-30-31-33-35-38-41-44-47-50-53-56-62(65)68-59-60(58-67-61(64)55-52-49-46-43-40-37-34-27-24-21-18-15-12-9-6-3)69-63(66)57-54-51-48-45-42-39-36-32-29-26-23-20-17-14-11-8-5-2/h8,11,14,16-17,19-26,29,32,36,39,42,60H,4-7,9-10,12-13,15,18,27-28,30-31,33-35,37-38,40-41,43-59H2,1-3H3/b11-8-,17-14-,19-16-,23-20-,24-21-,25-22-,29-26-,36-32+,42-39-. The summed E-state index contributed by atoms with van der Waals surface area (Å²) in [5.41, 5.74) is 0. The molecule has 0 amide bonds. The van der Waals surface area contributed by atoms with Gasteiger partial charge in [-0.05, 0) is 89.9 Å². The molecule has 0 fully saturated rings. The second-order valence-electron chi connectivity index (χ2n) is 18.6. The van der Waals surface area contributed by atoms with Crippen molar-refractivity contribution in [3.05, 3.63) is 109 Å². The molecule has 0 aromatic rings. The van der Waals surface area contributed by atoms with E-state index in [1.807, 2.05) is 60.8 Å². The van der Waals surface area contributed by atoms with Gasteiger partial charge in [0.1, 0.15) is 13.2 Å². The minimum absolute atomic E-state index is 0.101. The molecular weight excluding hydrogens is 853 g/mol. The number of carbonyl (C=O) groups excluding carboxylic acids is 3. The van der Waals surface area contributed by atoms with Crippen molar-refractivity contribution >= 4 is 17.9 Å². The Balaban J connectivity index is 4.48. The lowest BCUT2D eigenvalue weighted by atomic mass is 10.1. The summed E-state index contributed by atoms with van der Waals surface area (Å²) >= 11 is 0. The van der Waals surface area contributed by atoms with Crippen LogP contribution in [0.25, 0.3) is 0 Å². The molecule has 0 radical (unpaired) electrons. The highest BCUT2D eigenvalue weighted by atomic mass is 16.6. The van der Waals surface area contributed by atoms with E-state index in [-0.39, 0.29) is 37.5 Å². The molecule has 0 aliphatic rings. The zero-order chi connectivity index (χ0) is 50.0. The van der Waals surface area contributed by atoms with E-state index in [9.17, 15) is 14.4 Å². The highest BCUT2D eigenvalue weighted by Crippen LogP contribution is 2.15. The molecule has 0 N–H and O–H groups in total. The lowest BCUT2D eigenvalue weighted by molar-refractivity contribution is -0.167. The number of ether oxygens (including phenoxy) is 3. The number of hydrogen-bond acceptors (Lipinski definition) is 6. The van der Waals surface area contributed by atoms with E-state index < -0.39 is 6.10 Å². The zero-order valence-corrected chi connectivity index (χ0v) is 44.8. The first-order valence-corrected chi connectivity index (χ1v) is 28.5. The Morgan fingerprint density at radius 1 is 0.304 bits per heavy atom. The molecule has 0 aliphatic heterocycles. The Morgan fingerprint density at radius 2 is 0.580 bits per heavy atom. The van der Waals surface area contributed by atoms with Gasteiger partial charge in [0.05, 0.1) is 0 Å². The van der Waals surface area contributed by atoms with Crippen LogP contribution in [-0.4, -0.2) is 37.2 Å². The third-order valence-electron chi connectivity index (χ3n) is 11.9. The van der Waals surface area contributed by atoms with Crippen LogP contribution in [0.15, 0.2) is 109 Å². The molecule has 0 bridgehead atoms. The quantitative estimate of drug-likeness (QED) is 0.0199. The maximum Gasteiger partial charge on any atom is 0.306 e. The van der Waals surface area contributed by atoms with Crippen LogP contribution in [-0.2, 0) is 28.6 Å². The highest BCUT2D eigenvalue weighted by molar-refractivity contribution is 5.71. The van der Waals surface area contributed by atoms with Crippen LogP contribution < -0.4 is 0 Å². The van der Waals surface area contributed by atoms with Gasteiger partial charge in [0.15, 0.2) is 6.10 Å². The molecule has 6 nitrogen and oxygen atoms in total. The smallest absolute Gasteiger partial charge is 0.306 e. The van der Waals surface area contributed by atoms with Gasteiger partial charge in [-0.15, -0.1) is 0 Å². The van der Waals surface area contributed by atoms with E-state index in [1.54, 1.807) is 0 Å². The molecule has 392 valence electrons. The van der Waals surface area contributed by atoms with Crippen molar-refractivity contribution in [2.45, 2.75) is 258 Å². The van der Waals surface area contributed by atoms with Gasteiger partial charge >= 0.3 is 17.9 Å². The minimum atomic E-state index is -0.807. The van der Waals surface area contributed by atoms with Gasteiger partial charge in [-0.2, -0.15) is 0 Å². The average molecular weight is 958 g/mol. The van der Waals surface area contributed by atoms with E-state index in [0.29, 0.717) is 19.3 Å².